The molecule has 1 fully saturated rings. The van der Waals surface area contributed by atoms with Crippen LogP contribution in [0.25, 0.3) is 0 Å². The Morgan fingerprint density at radius 3 is 2.62 bits per heavy atom. The van der Waals surface area contributed by atoms with Gasteiger partial charge in [0.1, 0.15) is 4.90 Å². The van der Waals surface area contributed by atoms with Crippen LogP contribution in [-0.2, 0) is 14.8 Å². The average molecular weight is 396 g/mol. The number of carbonyl (C=O) groups is 1. The van der Waals surface area contributed by atoms with Gasteiger partial charge in [-0.15, -0.1) is 0 Å². The number of hydrogen-bond acceptors (Lipinski definition) is 5. The second kappa shape index (κ2) is 8.54. The van der Waals surface area contributed by atoms with E-state index in [1.807, 2.05) is 11.8 Å². The summed E-state index contributed by atoms with van der Waals surface area (Å²) in [6, 6.07) is 3.27. The highest BCUT2D eigenvalue weighted by molar-refractivity contribution is 7.99. The van der Waals surface area contributed by atoms with Crippen molar-refractivity contribution in [3.8, 4) is 0 Å². The lowest BCUT2D eigenvalue weighted by molar-refractivity contribution is -0.126. The minimum absolute atomic E-state index is 0.0706. The topological polar surface area (TPSA) is 70.6 Å². The van der Waals surface area contributed by atoms with Gasteiger partial charge in [-0.3, -0.25) is 4.79 Å². The maximum absolute atomic E-state index is 12.5. The standard InChI is InChI=1S/C18H25N3O3S2/c1-2-21(15-7-3-4-8-15)18(22)14-25-17-10-9-16(13-19-17)26(23,24)20-11-5-6-12-20/h7,9-10,13H,2-6,8,11-12,14H2,1H3. The molecular weight excluding hydrogens is 370 g/mol. The highest BCUT2D eigenvalue weighted by Gasteiger charge is 2.27. The molecule has 1 aliphatic heterocycles. The molecule has 0 spiro atoms. The van der Waals surface area contributed by atoms with Crippen molar-refractivity contribution in [2.75, 3.05) is 25.4 Å². The monoisotopic (exact) mass is 395 g/mol. The number of thioether (sulfide) groups is 1. The number of pyridine rings is 1. The Hall–Kier alpha value is -1.38. The molecule has 6 nitrogen and oxygen atoms in total. The number of rotatable bonds is 7. The van der Waals surface area contributed by atoms with Crippen molar-refractivity contribution in [2.24, 2.45) is 0 Å². The largest absolute Gasteiger partial charge is 0.316 e. The third-order valence-corrected chi connectivity index (χ3v) is 7.55. The van der Waals surface area contributed by atoms with Crippen LogP contribution in [0, 0.1) is 0 Å². The predicted octanol–water partition coefficient (Wildman–Crippen LogP) is 2.87. The van der Waals surface area contributed by atoms with Crippen LogP contribution in [-0.4, -0.2) is 53.9 Å². The lowest BCUT2D eigenvalue weighted by atomic mass is 10.3. The molecule has 26 heavy (non-hydrogen) atoms. The van der Waals surface area contributed by atoms with Gasteiger partial charge >= 0.3 is 0 Å². The first kappa shape index (κ1) is 19.4. The van der Waals surface area contributed by atoms with Crippen LogP contribution in [0.15, 0.2) is 40.0 Å². The Balaban J connectivity index is 1.60. The maximum Gasteiger partial charge on any atom is 0.244 e. The van der Waals surface area contributed by atoms with Gasteiger partial charge in [-0.2, -0.15) is 4.31 Å². The molecule has 0 unspecified atom stereocenters. The molecule has 1 aromatic heterocycles. The Bertz CT molecular complexity index is 769. The molecule has 0 bridgehead atoms. The van der Waals surface area contributed by atoms with Crippen LogP contribution in [0.5, 0.6) is 0 Å². The summed E-state index contributed by atoms with van der Waals surface area (Å²) in [5.41, 5.74) is 1.12. The molecule has 1 amide bonds. The van der Waals surface area contributed by atoms with Gasteiger partial charge < -0.3 is 4.90 Å². The number of allylic oxidation sites excluding steroid dienone is 2. The van der Waals surface area contributed by atoms with Gasteiger partial charge in [-0.1, -0.05) is 17.8 Å². The summed E-state index contributed by atoms with van der Waals surface area (Å²) < 4.78 is 26.5. The molecule has 3 rings (SSSR count). The van der Waals surface area contributed by atoms with Crippen molar-refractivity contribution >= 4 is 27.7 Å². The van der Waals surface area contributed by atoms with Gasteiger partial charge in [0.25, 0.3) is 0 Å². The van der Waals surface area contributed by atoms with Crippen molar-refractivity contribution in [2.45, 2.75) is 48.9 Å². The number of aromatic nitrogens is 1. The zero-order chi connectivity index (χ0) is 18.6. The van der Waals surface area contributed by atoms with E-state index in [1.165, 1.54) is 22.3 Å². The number of carbonyl (C=O) groups excluding carboxylic acids is 1. The highest BCUT2D eigenvalue weighted by Crippen LogP contribution is 2.25. The highest BCUT2D eigenvalue weighted by atomic mass is 32.2. The molecule has 0 atom stereocenters. The molecule has 0 N–H and O–H groups in total. The van der Waals surface area contributed by atoms with Gasteiger partial charge in [0.05, 0.1) is 10.8 Å². The normalized spacial score (nSPS) is 18.1. The molecular formula is C18H25N3O3S2. The van der Waals surface area contributed by atoms with E-state index in [-0.39, 0.29) is 10.8 Å². The fraction of sp³-hybridized carbons (Fsp3) is 0.556. The van der Waals surface area contributed by atoms with E-state index < -0.39 is 10.0 Å². The summed E-state index contributed by atoms with van der Waals surface area (Å²) in [4.78, 5) is 18.8. The van der Waals surface area contributed by atoms with E-state index in [0.717, 1.165) is 37.8 Å². The third-order valence-electron chi connectivity index (χ3n) is 4.74. The maximum atomic E-state index is 12.5. The van der Waals surface area contributed by atoms with Crippen LogP contribution in [0.3, 0.4) is 0 Å². The molecule has 8 heteroatoms. The number of sulfonamides is 1. The van der Waals surface area contributed by atoms with Crippen LogP contribution in [0.1, 0.15) is 39.0 Å². The second-order valence-electron chi connectivity index (χ2n) is 6.46. The Kier molecular flexibility index (Phi) is 6.37. The van der Waals surface area contributed by atoms with E-state index in [1.54, 1.807) is 12.1 Å². The Morgan fingerprint density at radius 1 is 1.27 bits per heavy atom. The van der Waals surface area contributed by atoms with Gasteiger partial charge in [-0.25, -0.2) is 13.4 Å². The summed E-state index contributed by atoms with van der Waals surface area (Å²) in [7, 11) is -3.44. The molecule has 142 valence electrons. The zero-order valence-corrected chi connectivity index (χ0v) is 16.7. The van der Waals surface area contributed by atoms with Crippen LogP contribution >= 0.6 is 11.8 Å². The number of amides is 1. The summed E-state index contributed by atoms with van der Waals surface area (Å²) in [6.45, 7) is 3.82. The average Bonchev–Trinajstić information content (AvgIpc) is 3.35. The molecule has 1 saturated heterocycles. The van der Waals surface area contributed by atoms with Gasteiger partial charge in [-0.05, 0) is 51.2 Å². The zero-order valence-electron chi connectivity index (χ0n) is 15.1. The molecule has 0 saturated carbocycles. The lowest BCUT2D eigenvalue weighted by Crippen LogP contribution is -2.31. The van der Waals surface area contributed by atoms with Crippen molar-refractivity contribution in [1.29, 1.82) is 0 Å². The SMILES string of the molecule is CCN(C(=O)CSc1ccc(S(=O)(=O)N2CCCC2)cn1)C1=CCCC1. The van der Waals surface area contributed by atoms with E-state index in [4.69, 9.17) is 0 Å². The van der Waals surface area contributed by atoms with Crippen molar-refractivity contribution in [1.82, 2.24) is 14.2 Å². The van der Waals surface area contributed by atoms with Crippen LogP contribution in [0.4, 0.5) is 0 Å². The number of nitrogens with zero attached hydrogens (tertiary/aromatic N) is 3. The quantitative estimate of drug-likeness (QED) is 0.664. The van der Waals surface area contributed by atoms with E-state index >= 15 is 0 Å². The van der Waals surface area contributed by atoms with Crippen molar-refractivity contribution < 1.29 is 13.2 Å². The predicted molar refractivity (Wildman–Crippen MR) is 102 cm³/mol. The molecule has 0 radical (unpaired) electrons. The van der Waals surface area contributed by atoms with E-state index in [9.17, 15) is 13.2 Å². The molecule has 0 aromatic carbocycles. The Labute approximate surface area is 159 Å². The Morgan fingerprint density at radius 2 is 2.04 bits per heavy atom. The molecule has 2 aliphatic rings. The fourth-order valence-corrected chi connectivity index (χ4v) is 5.52. The van der Waals surface area contributed by atoms with Crippen molar-refractivity contribution in [3.05, 3.63) is 30.1 Å². The summed E-state index contributed by atoms with van der Waals surface area (Å²) in [5, 5.41) is 0.662. The summed E-state index contributed by atoms with van der Waals surface area (Å²) in [5.74, 6) is 0.373. The van der Waals surface area contributed by atoms with E-state index in [0.29, 0.717) is 30.4 Å². The lowest BCUT2D eigenvalue weighted by Gasteiger charge is -2.22. The van der Waals surface area contributed by atoms with Crippen LogP contribution < -0.4 is 0 Å². The number of hydrogen-bond donors (Lipinski definition) is 0. The van der Waals surface area contributed by atoms with E-state index in [2.05, 4.69) is 11.1 Å². The minimum Gasteiger partial charge on any atom is -0.316 e. The van der Waals surface area contributed by atoms with Crippen molar-refractivity contribution in [3.63, 3.8) is 0 Å². The van der Waals surface area contributed by atoms with Crippen LogP contribution in [0.2, 0.25) is 0 Å². The summed E-state index contributed by atoms with van der Waals surface area (Å²) in [6.07, 6.45) is 8.48. The molecule has 1 aliphatic carbocycles. The molecule has 2 heterocycles. The smallest absolute Gasteiger partial charge is 0.244 e. The first-order valence-electron chi connectivity index (χ1n) is 9.11. The molecule has 1 aromatic rings. The fourth-order valence-electron chi connectivity index (χ4n) is 3.33. The second-order valence-corrected chi connectivity index (χ2v) is 9.39. The first-order chi connectivity index (χ1) is 12.5. The van der Waals surface area contributed by atoms with Gasteiger partial charge in [0.2, 0.25) is 15.9 Å². The first-order valence-corrected chi connectivity index (χ1v) is 11.5. The third kappa shape index (κ3) is 4.29. The summed E-state index contributed by atoms with van der Waals surface area (Å²) >= 11 is 1.34. The van der Waals surface area contributed by atoms with Gasteiger partial charge in [0.15, 0.2) is 0 Å². The minimum atomic E-state index is -3.44. The van der Waals surface area contributed by atoms with Gasteiger partial charge in [0, 0.05) is 31.5 Å².